The standard InChI is InChI=1S/C15H17NO4/c1-4-19-15(18)12-8-16-13-6-5-10(20-9(2)3)7-11(13)14(12)17/h5-9,12H,4H2,1-3H3. The molecule has 0 aromatic heterocycles. The molecule has 0 saturated carbocycles. The van der Waals surface area contributed by atoms with Gasteiger partial charge >= 0.3 is 5.97 Å². The van der Waals surface area contributed by atoms with Crippen molar-refractivity contribution >= 4 is 23.7 Å². The second kappa shape index (κ2) is 5.86. The van der Waals surface area contributed by atoms with Crippen molar-refractivity contribution < 1.29 is 19.1 Å². The molecule has 0 saturated heterocycles. The molecule has 0 fully saturated rings. The first kappa shape index (κ1) is 14.2. The van der Waals surface area contributed by atoms with Crippen LogP contribution < -0.4 is 4.74 Å². The maximum Gasteiger partial charge on any atom is 0.322 e. The van der Waals surface area contributed by atoms with E-state index >= 15 is 0 Å². The summed E-state index contributed by atoms with van der Waals surface area (Å²) in [5.74, 6) is -1.24. The Balaban J connectivity index is 2.29. The van der Waals surface area contributed by atoms with Crippen LogP contribution >= 0.6 is 0 Å². The van der Waals surface area contributed by atoms with Crippen LogP contribution in [0.5, 0.6) is 5.75 Å². The summed E-state index contributed by atoms with van der Waals surface area (Å²) in [5.41, 5.74) is 0.940. The van der Waals surface area contributed by atoms with E-state index in [1.807, 2.05) is 13.8 Å². The van der Waals surface area contributed by atoms with Gasteiger partial charge in [-0.1, -0.05) is 0 Å². The summed E-state index contributed by atoms with van der Waals surface area (Å²) in [7, 11) is 0. The van der Waals surface area contributed by atoms with Gasteiger partial charge < -0.3 is 9.47 Å². The van der Waals surface area contributed by atoms with Gasteiger partial charge in [0.25, 0.3) is 0 Å². The molecule has 1 aliphatic heterocycles. The molecule has 106 valence electrons. The van der Waals surface area contributed by atoms with Crippen LogP contribution in [0, 0.1) is 5.92 Å². The summed E-state index contributed by atoms with van der Waals surface area (Å²) in [6, 6.07) is 5.09. The number of benzene rings is 1. The molecular formula is C15H17NO4. The van der Waals surface area contributed by atoms with Gasteiger partial charge in [0.15, 0.2) is 11.7 Å². The Morgan fingerprint density at radius 1 is 1.40 bits per heavy atom. The third-order valence-corrected chi connectivity index (χ3v) is 2.79. The number of carbonyl (C=O) groups excluding carboxylic acids is 2. The van der Waals surface area contributed by atoms with Crippen LogP contribution in [0.1, 0.15) is 31.1 Å². The van der Waals surface area contributed by atoms with Gasteiger partial charge in [0.2, 0.25) is 0 Å². The number of hydrogen-bond acceptors (Lipinski definition) is 5. The summed E-state index contributed by atoms with van der Waals surface area (Å²) in [6.45, 7) is 5.74. The van der Waals surface area contributed by atoms with E-state index in [4.69, 9.17) is 9.47 Å². The quantitative estimate of drug-likeness (QED) is 0.625. The van der Waals surface area contributed by atoms with Crippen molar-refractivity contribution in [3.05, 3.63) is 23.8 Å². The molecule has 2 rings (SSSR count). The summed E-state index contributed by atoms with van der Waals surface area (Å²) >= 11 is 0. The lowest BCUT2D eigenvalue weighted by Crippen LogP contribution is -2.29. The number of esters is 1. The third-order valence-electron chi connectivity index (χ3n) is 2.79. The average molecular weight is 275 g/mol. The summed E-state index contributed by atoms with van der Waals surface area (Å²) < 4.78 is 10.4. The Morgan fingerprint density at radius 2 is 2.15 bits per heavy atom. The smallest absolute Gasteiger partial charge is 0.322 e. The molecule has 20 heavy (non-hydrogen) atoms. The van der Waals surface area contributed by atoms with Gasteiger partial charge in [0.05, 0.1) is 18.4 Å². The fourth-order valence-corrected chi connectivity index (χ4v) is 1.96. The van der Waals surface area contributed by atoms with E-state index in [2.05, 4.69) is 4.99 Å². The van der Waals surface area contributed by atoms with E-state index in [9.17, 15) is 9.59 Å². The van der Waals surface area contributed by atoms with E-state index < -0.39 is 11.9 Å². The minimum absolute atomic E-state index is 0.0103. The predicted octanol–water partition coefficient (Wildman–Crippen LogP) is 2.55. The molecule has 0 radical (unpaired) electrons. The molecule has 5 nitrogen and oxygen atoms in total. The Morgan fingerprint density at radius 3 is 2.80 bits per heavy atom. The van der Waals surface area contributed by atoms with E-state index in [1.165, 1.54) is 6.21 Å². The maximum absolute atomic E-state index is 12.3. The van der Waals surface area contributed by atoms with Crippen LogP contribution in [0.4, 0.5) is 5.69 Å². The largest absolute Gasteiger partial charge is 0.491 e. The predicted molar refractivity (Wildman–Crippen MR) is 74.8 cm³/mol. The van der Waals surface area contributed by atoms with Crippen molar-refractivity contribution in [1.29, 1.82) is 0 Å². The van der Waals surface area contributed by atoms with E-state index in [0.717, 1.165) is 0 Å². The minimum atomic E-state index is -0.961. The zero-order chi connectivity index (χ0) is 14.7. The van der Waals surface area contributed by atoms with Gasteiger partial charge in [-0.25, -0.2) is 0 Å². The number of aliphatic imine (C=N–C) groups is 1. The first-order valence-electron chi connectivity index (χ1n) is 6.58. The molecule has 0 spiro atoms. The van der Waals surface area contributed by atoms with Gasteiger partial charge in [-0.2, -0.15) is 0 Å². The normalized spacial score (nSPS) is 17.0. The van der Waals surface area contributed by atoms with Crippen molar-refractivity contribution in [3.8, 4) is 5.75 Å². The Bertz CT molecular complexity index is 563. The monoisotopic (exact) mass is 275 g/mol. The minimum Gasteiger partial charge on any atom is -0.491 e. The second-order valence-electron chi connectivity index (χ2n) is 4.72. The first-order chi connectivity index (χ1) is 9.52. The van der Waals surface area contributed by atoms with Crippen LogP contribution in [0.15, 0.2) is 23.2 Å². The fourth-order valence-electron chi connectivity index (χ4n) is 1.96. The van der Waals surface area contributed by atoms with Crippen LogP contribution in [-0.4, -0.2) is 30.7 Å². The molecular weight excluding hydrogens is 258 g/mol. The highest BCUT2D eigenvalue weighted by Gasteiger charge is 2.32. The van der Waals surface area contributed by atoms with E-state index in [-0.39, 0.29) is 18.5 Å². The maximum atomic E-state index is 12.3. The molecule has 1 aromatic carbocycles. The number of ether oxygens (including phenoxy) is 2. The number of hydrogen-bond donors (Lipinski definition) is 0. The van der Waals surface area contributed by atoms with Gasteiger partial charge in [-0.15, -0.1) is 0 Å². The highest BCUT2D eigenvalue weighted by Crippen LogP contribution is 2.30. The van der Waals surface area contributed by atoms with Crippen LogP contribution in [0.25, 0.3) is 0 Å². The number of Topliss-reactive ketones (excluding diaryl/α,β-unsaturated/α-hetero) is 1. The van der Waals surface area contributed by atoms with Crippen LogP contribution in [0.2, 0.25) is 0 Å². The molecule has 0 aliphatic carbocycles. The van der Waals surface area contributed by atoms with Crippen LogP contribution in [-0.2, 0) is 9.53 Å². The molecule has 1 heterocycles. The van der Waals surface area contributed by atoms with Gasteiger partial charge in [0.1, 0.15) is 5.75 Å². The molecule has 1 unspecified atom stereocenters. The molecule has 1 aromatic rings. The molecule has 0 amide bonds. The van der Waals surface area contributed by atoms with Crippen molar-refractivity contribution in [2.24, 2.45) is 10.9 Å². The van der Waals surface area contributed by atoms with Gasteiger partial charge in [-0.3, -0.25) is 14.6 Å². The summed E-state index contributed by atoms with van der Waals surface area (Å²) in [6.07, 6.45) is 1.35. The van der Waals surface area contributed by atoms with Gasteiger partial charge in [0, 0.05) is 11.8 Å². The highest BCUT2D eigenvalue weighted by atomic mass is 16.5. The lowest BCUT2D eigenvalue weighted by Gasteiger charge is -2.17. The summed E-state index contributed by atoms with van der Waals surface area (Å²) in [5, 5.41) is 0. The Kier molecular flexibility index (Phi) is 4.17. The van der Waals surface area contributed by atoms with Gasteiger partial charge in [-0.05, 0) is 39.0 Å². The highest BCUT2D eigenvalue weighted by molar-refractivity contribution is 6.22. The Labute approximate surface area is 117 Å². The number of rotatable bonds is 4. The van der Waals surface area contributed by atoms with Crippen molar-refractivity contribution in [3.63, 3.8) is 0 Å². The zero-order valence-corrected chi connectivity index (χ0v) is 11.8. The van der Waals surface area contributed by atoms with E-state index in [0.29, 0.717) is 17.0 Å². The molecule has 5 heteroatoms. The number of nitrogens with zero attached hydrogens (tertiary/aromatic N) is 1. The second-order valence-corrected chi connectivity index (χ2v) is 4.72. The average Bonchev–Trinajstić information content (AvgIpc) is 2.39. The fraction of sp³-hybridized carbons (Fsp3) is 0.400. The van der Waals surface area contributed by atoms with E-state index in [1.54, 1.807) is 25.1 Å². The first-order valence-corrected chi connectivity index (χ1v) is 6.58. The molecule has 1 aliphatic rings. The SMILES string of the molecule is CCOC(=O)C1C=Nc2ccc(OC(C)C)cc2C1=O. The third kappa shape index (κ3) is 2.87. The lowest BCUT2D eigenvalue weighted by molar-refractivity contribution is -0.144. The number of ketones is 1. The number of fused-ring (bicyclic) bond motifs is 1. The van der Waals surface area contributed by atoms with Crippen molar-refractivity contribution in [2.45, 2.75) is 26.9 Å². The molecule has 0 bridgehead atoms. The topological polar surface area (TPSA) is 65.0 Å². The lowest BCUT2D eigenvalue weighted by atomic mass is 9.94. The van der Waals surface area contributed by atoms with Crippen molar-refractivity contribution in [2.75, 3.05) is 6.61 Å². The number of carbonyl (C=O) groups is 2. The summed E-state index contributed by atoms with van der Waals surface area (Å²) in [4.78, 5) is 28.2. The Hall–Kier alpha value is -2.17. The van der Waals surface area contributed by atoms with Crippen LogP contribution in [0.3, 0.4) is 0 Å². The van der Waals surface area contributed by atoms with Crippen molar-refractivity contribution in [1.82, 2.24) is 0 Å². The zero-order valence-electron chi connectivity index (χ0n) is 11.8. The molecule has 0 N–H and O–H groups in total. The molecule has 1 atom stereocenters.